The number of rotatable bonds is 13. The van der Waals surface area contributed by atoms with Crippen molar-refractivity contribution in [2.45, 2.75) is 91.5 Å². The molecule has 0 radical (unpaired) electrons. The summed E-state index contributed by atoms with van der Waals surface area (Å²) in [5, 5.41) is 9.03. The van der Waals surface area contributed by atoms with Crippen molar-refractivity contribution in [3.63, 3.8) is 0 Å². The Bertz CT molecular complexity index is 1140. The monoisotopic (exact) mass is 663 g/mol. The maximum absolute atomic E-state index is 13.5. The number of hydrogen-bond donors (Lipinski definition) is 0. The van der Waals surface area contributed by atoms with Crippen LogP contribution in [0.3, 0.4) is 0 Å². The van der Waals surface area contributed by atoms with Crippen LogP contribution in [0, 0.1) is 0 Å². The molecule has 2 heterocycles. The van der Waals surface area contributed by atoms with Gasteiger partial charge in [-0.05, 0) is 0 Å². The molecule has 0 N–H and O–H groups in total. The van der Waals surface area contributed by atoms with Crippen molar-refractivity contribution in [2.75, 3.05) is 0 Å². The zero-order chi connectivity index (χ0) is 28.7. The molecule has 5 nitrogen and oxygen atoms in total. The van der Waals surface area contributed by atoms with E-state index in [1.54, 1.807) is 12.4 Å². The summed E-state index contributed by atoms with van der Waals surface area (Å²) in [6.07, 6.45) is 0.956. The summed E-state index contributed by atoms with van der Waals surface area (Å²) in [6, 6.07) is 1.65. The van der Waals surface area contributed by atoms with Gasteiger partial charge in [0.05, 0.1) is 0 Å². The predicted octanol–water partition coefficient (Wildman–Crippen LogP) is 7.88. The Morgan fingerprint density at radius 1 is 0.744 bits per heavy atom. The van der Waals surface area contributed by atoms with E-state index in [4.69, 9.17) is 0 Å². The van der Waals surface area contributed by atoms with Crippen LogP contribution in [0.5, 0.6) is 0 Å². The van der Waals surface area contributed by atoms with Crippen molar-refractivity contribution in [2.24, 2.45) is 0 Å². The van der Waals surface area contributed by atoms with Crippen molar-refractivity contribution in [1.82, 2.24) is 25.0 Å². The van der Waals surface area contributed by atoms with Crippen LogP contribution in [0.2, 0.25) is 13.3 Å². The van der Waals surface area contributed by atoms with Crippen LogP contribution < -0.4 is 3.71 Å². The second-order valence-corrected chi connectivity index (χ2v) is 23.0. The molecule has 12 heteroatoms. The zero-order valence-corrected chi connectivity index (χ0v) is 25.4. The Morgan fingerprint density at radius 3 is 1.67 bits per heavy atom. The van der Waals surface area contributed by atoms with Gasteiger partial charge in [0.1, 0.15) is 0 Å². The topological polar surface area (TPSA) is 56.5 Å². The molecule has 0 spiro atoms. The maximum atomic E-state index is 13.5. The fourth-order valence-electron chi connectivity index (χ4n) is 5.05. The Hall–Kier alpha value is -2.18. The molecule has 0 aliphatic rings. The minimum absolute atomic E-state index is 0.143. The molecule has 3 aromatic rings. The van der Waals surface area contributed by atoms with E-state index in [2.05, 4.69) is 41.1 Å². The van der Waals surface area contributed by atoms with E-state index < -0.39 is 41.9 Å². The molecular formula is C27H35F6N5Sn. The quantitative estimate of drug-likeness (QED) is 0.138. The predicted molar refractivity (Wildman–Crippen MR) is 141 cm³/mol. The third-order valence-electron chi connectivity index (χ3n) is 7.08. The first-order valence-corrected chi connectivity index (χ1v) is 20.9. The number of nitrogens with zero attached hydrogens (tertiary/aromatic N) is 5. The number of benzene rings is 1. The molecule has 1 aromatic carbocycles. The van der Waals surface area contributed by atoms with Gasteiger partial charge in [0.25, 0.3) is 0 Å². The SMILES string of the molecule is CCC[CH2][Sn]([CH2]CCC)([CH2]CCC)[c]1nnn(Cc2cc(C(F)(F)F)cc(C(F)(F)F)c2)c1-c1cncnc1. The first-order chi connectivity index (χ1) is 18.4. The third-order valence-corrected chi connectivity index (χ3v) is 22.1. The van der Waals surface area contributed by atoms with Crippen LogP contribution in [-0.2, 0) is 18.9 Å². The summed E-state index contributed by atoms with van der Waals surface area (Å²) in [5.41, 5.74) is -1.60. The van der Waals surface area contributed by atoms with Crippen LogP contribution in [0.4, 0.5) is 26.3 Å². The van der Waals surface area contributed by atoms with E-state index in [9.17, 15) is 26.3 Å². The minimum atomic E-state index is -4.92. The second-order valence-electron chi connectivity index (χ2n) is 10.1. The number of halogens is 6. The van der Waals surface area contributed by atoms with Crippen LogP contribution in [0.25, 0.3) is 11.3 Å². The van der Waals surface area contributed by atoms with E-state index in [0.29, 0.717) is 11.3 Å². The molecule has 0 aliphatic carbocycles. The number of alkyl halides is 6. The van der Waals surface area contributed by atoms with Gasteiger partial charge >= 0.3 is 230 Å². The van der Waals surface area contributed by atoms with Gasteiger partial charge in [-0.1, -0.05) is 0 Å². The van der Waals surface area contributed by atoms with Crippen molar-refractivity contribution in [3.8, 4) is 11.3 Å². The second kappa shape index (κ2) is 13.5. The fourth-order valence-corrected chi connectivity index (χ4v) is 21.0. The molecule has 0 atom stereocenters. The first-order valence-electron chi connectivity index (χ1n) is 13.4. The first kappa shape index (κ1) is 31.3. The summed E-state index contributed by atoms with van der Waals surface area (Å²) >= 11 is -3.23. The van der Waals surface area contributed by atoms with E-state index in [-0.39, 0.29) is 18.2 Å². The molecule has 0 bridgehead atoms. The van der Waals surface area contributed by atoms with Crippen molar-refractivity contribution in [3.05, 3.63) is 53.6 Å². The molecule has 0 aliphatic heterocycles. The van der Waals surface area contributed by atoms with E-state index >= 15 is 0 Å². The van der Waals surface area contributed by atoms with Gasteiger partial charge in [0.2, 0.25) is 0 Å². The molecule has 0 saturated carbocycles. The van der Waals surface area contributed by atoms with E-state index in [1.165, 1.54) is 11.0 Å². The van der Waals surface area contributed by atoms with Gasteiger partial charge in [-0.15, -0.1) is 0 Å². The summed E-state index contributed by atoms with van der Waals surface area (Å²) in [4.78, 5) is 8.27. The number of unbranched alkanes of at least 4 members (excludes halogenated alkanes) is 3. The molecule has 214 valence electrons. The van der Waals surface area contributed by atoms with Gasteiger partial charge in [0.15, 0.2) is 0 Å². The van der Waals surface area contributed by atoms with Crippen LogP contribution >= 0.6 is 0 Å². The molecule has 0 saturated heterocycles. The molecular weight excluding hydrogens is 627 g/mol. The Kier molecular flexibility index (Phi) is 10.8. The molecule has 0 amide bonds. The van der Waals surface area contributed by atoms with Crippen molar-refractivity contribution < 1.29 is 26.3 Å². The van der Waals surface area contributed by atoms with Gasteiger partial charge in [0, 0.05) is 0 Å². The Morgan fingerprint density at radius 2 is 1.23 bits per heavy atom. The van der Waals surface area contributed by atoms with Crippen LogP contribution in [0.15, 0.2) is 36.9 Å². The average molecular weight is 662 g/mol. The van der Waals surface area contributed by atoms with E-state index in [0.717, 1.165) is 67.7 Å². The molecule has 3 rings (SSSR count). The summed E-state index contributed by atoms with van der Waals surface area (Å²) in [5.74, 6) is 0. The number of aromatic nitrogens is 5. The zero-order valence-electron chi connectivity index (χ0n) is 22.5. The normalized spacial score (nSPS) is 12.7. The molecule has 0 unspecified atom stereocenters. The summed E-state index contributed by atoms with van der Waals surface area (Å²) < 4.78 is 86.7. The van der Waals surface area contributed by atoms with Crippen molar-refractivity contribution in [1.29, 1.82) is 0 Å². The molecule has 39 heavy (non-hydrogen) atoms. The van der Waals surface area contributed by atoms with Crippen molar-refractivity contribution >= 4 is 22.1 Å². The molecule has 0 fully saturated rings. The average Bonchev–Trinajstić information content (AvgIpc) is 3.31. The third kappa shape index (κ3) is 7.94. The Labute approximate surface area is 229 Å². The van der Waals surface area contributed by atoms with Gasteiger partial charge in [-0.3, -0.25) is 0 Å². The Balaban J connectivity index is 2.22. The van der Waals surface area contributed by atoms with Gasteiger partial charge in [-0.25, -0.2) is 0 Å². The summed E-state index contributed by atoms with van der Waals surface area (Å²) in [7, 11) is 0. The van der Waals surface area contributed by atoms with Crippen LogP contribution in [0.1, 0.15) is 76.0 Å². The van der Waals surface area contributed by atoms with E-state index in [1.807, 2.05) is 0 Å². The molecule has 2 aromatic heterocycles. The van der Waals surface area contributed by atoms with Crippen LogP contribution in [-0.4, -0.2) is 43.3 Å². The summed E-state index contributed by atoms with van der Waals surface area (Å²) in [6.45, 7) is 6.14. The van der Waals surface area contributed by atoms with Gasteiger partial charge in [-0.2, -0.15) is 0 Å². The standard InChI is InChI=1S/C15H8F6N5.3C4H9.Sn/c16-14(17,18)11-1-9(2-12(3-11)15(19,20)21)7-26-13(6-24-25-26)10-4-22-8-23-5-10;3*1-3-4-2;/h1-5,8H,7H2;3*1,3-4H2,2H3;. The fraction of sp³-hybridized carbons (Fsp3) is 0.556. The van der Waals surface area contributed by atoms with Gasteiger partial charge < -0.3 is 0 Å². The number of hydrogen-bond acceptors (Lipinski definition) is 4.